The first-order chi connectivity index (χ1) is 11.2. The van der Waals surface area contributed by atoms with Crippen molar-refractivity contribution in [2.45, 2.75) is 39.5 Å². The van der Waals surface area contributed by atoms with Crippen molar-refractivity contribution in [1.82, 2.24) is 9.97 Å². The zero-order chi connectivity index (χ0) is 16.7. The number of ether oxygens (including phenoxy) is 2. The van der Waals surface area contributed by atoms with Gasteiger partial charge in [-0.05, 0) is 18.9 Å². The molecular formula is C16H21N3O4. The molecule has 0 spiro atoms. The van der Waals surface area contributed by atoms with Crippen molar-refractivity contribution in [2.75, 3.05) is 13.2 Å². The fourth-order valence-electron chi connectivity index (χ4n) is 1.94. The second-order valence-electron chi connectivity index (χ2n) is 5.17. The highest BCUT2D eigenvalue weighted by molar-refractivity contribution is 5.78. The van der Waals surface area contributed by atoms with E-state index in [9.17, 15) is 10.1 Å². The molecule has 0 aliphatic heterocycles. The maximum absolute atomic E-state index is 10.9. The molecular weight excluding hydrogens is 298 g/mol. The van der Waals surface area contributed by atoms with Gasteiger partial charge in [0, 0.05) is 12.1 Å². The predicted molar refractivity (Wildman–Crippen MR) is 87.0 cm³/mol. The van der Waals surface area contributed by atoms with Gasteiger partial charge >= 0.3 is 0 Å². The molecule has 2 rings (SSSR count). The first-order valence-corrected chi connectivity index (χ1v) is 7.87. The van der Waals surface area contributed by atoms with E-state index in [0.29, 0.717) is 36.0 Å². The molecule has 0 aliphatic rings. The third-order valence-corrected chi connectivity index (χ3v) is 3.27. The summed E-state index contributed by atoms with van der Waals surface area (Å²) in [5, 5.41) is 10.9. The molecule has 23 heavy (non-hydrogen) atoms. The highest BCUT2D eigenvalue weighted by Crippen LogP contribution is 2.28. The Morgan fingerprint density at radius 1 is 1.00 bits per heavy atom. The van der Waals surface area contributed by atoms with Crippen LogP contribution < -0.4 is 9.47 Å². The first kappa shape index (κ1) is 16.9. The van der Waals surface area contributed by atoms with Crippen molar-refractivity contribution < 1.29 is 14.4 Å². The van der Waals surface area contributed by atoms with Gasteiger partial charge in [-0.15, -0.1) is 0 Å². The Hall–Kier alpha value is -2.44. The van der Waals surface area contributed by atoms with Crippen molar-refractivity contribution in [3.63, 3.8) is 0 Å². The molecule has 2 aromatic rings. The molecule has 7 heteroatoms. The van der Waals surface area contributed by atoms with Gasteiger partial charge in [0.15, 0.2) is 0 Å². The van der Waals surface area contributed by atoms with Crippen LogP contribution in [0.25, 0.3) is 11.0 Å². The van der Waals surface area contributed by atoms with Gasteiger partial charge in [-0.1, -0.05) is 26.7 Å². The van der Waals surface area contributed by atoms with Crippen LogP contribution in [0, 0.1) is 10.1 Å². The molecule has 0 bridgehead atoms. The van der Waals surface area contributed by atoms with Crippen molar-refractivity contribution in [2.24, 2.45) is 0 Å². The van der Waals surface area contributed by atoms with Gasteiger partial charge in [-0.25, -0.2) is 9.97 Å². The SMILES string of the molecule is CCCCOc1nc2ccc([N+](=O)[O-])cc2nc1OCCCC. The van der Waals surface area contributed by atoms with Crippen LogP contribution in [0.2, 0.25) is 0 Å². The number of rotatable bonds is 9. The topological polar surface area (TPSA) is 87.4 Å². The van der Waals surface area contributed by atoms with Crippen LogP contribution >= 0.6 is 0 Å². The van der Waals surface area contributed by atoms with Crippen LogP contribution in [0.5, 0.6) is 11.8 Å². The van der Waals surface area contributed by atoms with Gasteiger partial charge in [-0.2, -0.15) is 0 Å². The van der Waals surface area contributed by atoms with E-state index in [0.717, 1.165) is 25.7 Å². The standard InChI is InChI=1S/C16H21N3O4/c1-3-5-9-22-15-16(23-10-6-4-2)18-14-11-12(19(20)21)7-8-13(14)17-15/h7-8,11H,3-6,9-10H2,1-2H3. The monoisotopic (exact) mass is 319 g/mol. The summed E-state index contributed by atoms with van der Waals surface area (Å²) in [6, 6.07) is 4.37. The van der Waals surface area contributed by atoms with E-state index in [2.05, 4.69) is 23.8 Å². The fourth-order valence-corrected chi connectivity index (χ4v) is 1.94. The molecule has 0 saturated carbocycles. The Morgan fingerprint density at radius 2 is 1.57 bits per heavy atom. The molecule has 0 fully saturated rings. The number of fused-ring (bicyclic) bond motifs is 1. The van der Waals surface area contributed by atoms with E-state index in [-0.39, 0.29) is 5.69 Å². The highest BCUT2D eigenvalue weighted by atomic mass is 16.6. The molecule has 0 amide bonds. The summed E-state index contributed by atoms with van der Waals surface area (Å²) in [5.74, 6) is 0.637. The van der Waals surface area contributed by atoms with Crippen molar-refractivity contribution in [1.29, 1.82) is 0 Å². The zero-order valence-corrected chi connectivity index (χ0v) is 13.4. The Balaban J connectivity index is 2.33. The van der Waals surface area contributed by atoms with E-state index in [4.69, 9.17) is 9.47 Å². The lowest BCUT2D eigenvalue weighted by atomic mass is 10.2. The smallest absolute Gasteiger partial charge is 0.278 e. The van der Waals surface area contributed by atoms with E-state index < -0.39 is 4.92 Å². The zero-order valence-electron chi connectivity index (χ0n) is 13.4. The Bertz CT molecular complexity index is 676. The summed E-state index contributed by atoms with van der Waals surface area (Å²) < 4.78 is 11.3. The molecule has 1 aromatic heterocycles. The minimum atomic E-state index is -0.454. The van der Waals surface area contributed by atoms with E-state index in [1.807, 2.05) is 0 Å². The predicted octanol–water partition coefficient (Wildman–Crippen LogP) is 3.90. The van der Waals surface area contributed by atoms with Crippen LogP contribution in [0.4, 0.5) is 5.69 Å². The lowest BCUT2D eigenvalue weighted by molar-refractivity contribution is -0.384. The first-order valence-electron chi connectivity index (χ1n) is 7.87. The Kier molecular flexibility index (Phi) is 6.08. The number of unbranched alkanes of at least 4 members (excludes halogenated alkanes) is 2. The fraction of sp³-hybridized carbons (Fsp3) is 0.500. The number of hydrogen-bond acceptors (Lipinski definition) is 6. The highest BCUT2D eigenvalue weighted by Gasteiger charge is 2.14. The number of benzene rings is 1. The largest absolute Gasteiger partial charge is 0.474 e. The number of nitro benzene ring substituents is 1. The van der Waals surface area contributed by atoms with Crippen LogP contribution in [0.3, 0.4) is 0 Å². The average Bonchev–Trinajstić information content (AvgIpc) is 2.55. The average molecular weight is 319 g/mol. The molecule has 0 radical (unpaired) electrons. The summed E-state index contributed by atoms with van der Waals surface area (Å²) in [6.45, 7) is 5.19. The van der Waals surface area contributed by atoms with Gasteiger partial charge in [-0.3, -0.25) is 10.1 Å². The summed E-state index contributed by atoms with van der Waals surface area (Å²) >= 11 is 0. The molecule has 0 aliphatic carbocycles. The Morgan fingerprint density at radius 3 is 2.09 bits per heavy atom. The molecule has 0 unspecified atom stereocenters. The second-order valence-corrected chi connectivity index (χ2v) is 5.17. The molecule has 124 valence electrons. The number of nitro groups is 1. The van der Waals surface area contributed by atoms with Gasteiger partial charge in [0.25, 0.3) is 17.4 Å². The van der Waals surface area contributed by atoms with Gasteiger partial charge in [0.2, 0.25) is 0 Å². The third-order valence-electron chi connectivity index (χ3n) is 3.27. The Labute approximate surface area is 134 Å². The minimum Gasteiger partial charge on any atom is -0.474 e. The summed E-state index contributed by atoms with van der Waals surface area (Å²) in [7, 11) is 0. The maximum atomic E-state index is 10.9. The van der Waals surface area contributed by atoms with E-state index in [1.54, 1.807) is 6.07 Å². The van der Waals surface area contributed by atoms with E-state index >= 15 is 0 Å². The summed E-state index contributed by atoms with van der Waals surface area (Å²) in [6.07, 6.45) is 3.81. The van der Waals surface area contributed by atoms with Crippen molar-refractivity contribution in [3.05, 3.63) is 28.3 Å². The van der Waals surface area contributed by atoms with E-state index in [1.165, 1.54) is 12.1 Å². The second kappa shape index (κ2) is 8.26. The quantitative estimate of drug-likeness (QED) is 0.396. The molecule has 7 nitrogen and oxygen atoms in total. The molecule has 0 saturated heterocycles. The molecule has 0 N–H and O–H groups in total. The van der Waals surface area contributed by atoms with Crippen LogP contribution in [0.1, 0.15) is 39.5 Å². The van der Waals surface area contributed by atoms with Gasteiger partial charge in [0.05, 0.1) is 29.2 Å². The van der Waals surface area contributed by atoms with Crippen LogP contribution in [-0.2, 0) is 0 Å². The van der Waals surface area contributed by atoms with Crippen LogP contribution in [0.15, 0.2) is 18.2 Å². The summed E-state index contributed by atoms with van der Waals surface area (Å²) in [5.41, 5.74) is 0.949. The number of nitrogens with zero attached hydrogens (tertiary/aromatic N) is 3. The van der Waals surface area contributed by atoms with Crippen molar-refractivity contribution in [3.8, 4) is 11.8 Å². The van der Waals surface area contributed by atoms with Gasteiger partial charge in [0.1, 0.15) is 0 Å². The third kappa shape index (κ3) is 4.51. The minimum absolute atomic E-state index is 0.0223. The normalized spacial score (nSPS) is 10.7. The number of non-ortho nitro benzene ring substituents is 1. The summed E-state index contributed by atoms with van der Waals surface area (Å²) in [4.78, 5) is 19.2. The van der Waals surface area contributed by atoms with Crippen molar-refractivity contribution >= 4 is 16.7 Å². The number of aromatic nitrogens is 2. The molecule has 1 heterocycles. The van der Waals surface area contributed by atoms with Crippen LogP contribution in [-0.4, -0.2) is 28.1 Å². The van der Waals surface area contributed by atoms with Gasteiger partial charge < -0.3 is 9.47 Å². The molecule has 1 aromatic carbocycles. The maximum Gasteiger partial charge on any atom is 0.278 e. The lowest BCUT2D eigenvalue weighted by Gasteiger charge is -2.11. The number of hydrogen-bond donors (Lipinski definition) is 0. The molecule has 0 atom stereocenters. The lowest BCUT2D eigenvalue weighted by Crippen LogP contribution is -2.06.